The molecule has 1 aromatic rings. The van der Waals surface area contributed by atoms with Crippen molar-refractivity contribution < 1.29 is 5.21 Å². The Morgan fingerprint density at radius 2 is 2.39 bits per heavy atom. The van der Waals surface area contributed by atoms with Crippen LogP contribution in [0, 0.1) is 0 Å². The highest BCUT2D eigenvalue weighted by atomic mass is 32.2. The van der Waals surface area contributed by atoms with Crippen LogP contribution in [0.15, 0.2) is 23.6 Å². The maximum atomic E-state index is 8.83. The highest BCUT2D eigenvalue weighted by Crippen LogP contribution is 2.33. The zero-order valence-corrected chi connectivity index (χ0v) is 11.4. The molecule has 2 heterocycles. The van der Waals surface area contributed by atoms with Gasteiger partial charge in [0.1, 0.15) is 0 Å². The molecule has 1 aromatic heterocycles. The molecule has 98 valence electrons. The fourth-order valence-electron chi connectivity index (χ4n) is 2.13. The van der Waals surface area contributed by atoms with Crippen molar-refractivity contribution in [2.24, 2.45) is 10.9 Å². The molecule has 0 radical (unpaired) electrons. The molecule has 0 bridgehead atoms. The molecule has 3 N–H and O–H groups in total. The molecule has 1 saturated heterocycles. The SMILES string of the molecule is CC1(C)CN(c2cnccc2/C(N)=N/O)CCS1. The normalized spacial score (nSPS) is 19.9. The van der Waals surface area contributed by atoms with Crippen LogP contribution in [0.2, 0.25) is 0 Å². The van der Waals surface area contributed by atoms with Crippen LogP contribution in [-0.4, -0.2) is 39.6 Å². The number of rotatable bonds is 2. The van der Waals surface area contributed by atoms with Gasteiger partial charge in [0.05, 0.1) is 11.9 Å². The van der Waals surface area contributed by atoms with Gasteiger partial charge in [0.2, 0.25) is 0 Å². The molecule has 0 saturated carbocycles. The minimum Gasteiger partial charge on any atom is -0.409 e. The van der Waals surface area contributed by atoms with E-state index in [1.165, 1.54) is 0 Å². The van der Waals surface area contributed by atoms with Gasteiger partial charge in [0, 0.05) is 35.3 Å². The summed E-state index contributed by atoms with van der Waals surface area (Å²) in [6.45, 7) is 6.33. The molecule has 0 unspecified atom stereocenters. The summed E-state index contributed by atoms with van der Waals surface area (Å²) in [5.74, 6) is 1.20. The van der Waals surface area contributed by atoms with Crippen LogP contribution in [-0.2, 0) is 0 Å². The second-order valence-electron chi connectivity index (χ2n) is 4.91. The lowest BCUT2D eigenvalue weighted by atomic mass is 10.1. The zero-order valence-electron chi connectivity index (χ0n) is 10.6. The third kappa shape index (κ3) is 2.69. The first-order valence-corrected chi connectivity index (χ1v) is 6.83. The van der Waals surface area contributed by atoms with E-state index in [4.69, 9.17) is 10.9 Å². The maximum Gasteiger partial charge on any atom is 0.172 e. The molecule has 0 aliphatic carbocycles. The second-order valence-corrected chi connectivity index (χ2v) is 6.71. The molecule has 1 aliphatic heterocycles. The van der Waals surface area contributed by atoms with Crippen LogP contribution in [0.25, 0.3) is 0 Å². The molecule has 0 amide bonds. The van der Waals surface area contributed by atoms with Gasteiger partial charge in [-0.1, -0.05) is 5.16 Å². The van der Waals surface area contributed by atoms with Crippen molar-refractivity contribution in [2.45, 2.75) is 18.6 Å². The fraction of sp³-hybridized carbons (Fsp3) is 0.500. The quantitative estimate of drug-likeness (QED) is 0.367. The first-order valence-electron chi connectivity index (χ1n) is 5.84. The number of thioether (sulfide) groups is 1. The molecular weight excluding hydrogens is 248 g/mol. The van der Waals surface area contributed by atoms with Gasteiger partial charge in [-0.2, -0.15) is 11.8 Å². The summed E-state index contributed by atoms with van der Waals surface area (Å²) in [7, 11) is 0. The first kappa shape index (κ1) is 13.0. The van der Waals surface area contributed by atoms with Gasteiger partial charge >= 0.3 is 0 Å². The average molecular weight is 266 g/mol. The van der Waals surface area contributed by atoms with Crippen LogP contribution in [0.5, 0.6) is 0 Å². The number of nitrogens with zero attached hydrogens (tertiary/aromatic N) is 3. The molecule has 2 rings (SSSR count). The standard InChI is InChI=1S/C12H18N4OS/c1-12(2)8-16(5-6-18-12)10-7-14-4-3-9(10)11(13)15-17/h3-4,7,17H,5-6,8H2,1-2H3,(H2,13,15). The fourth-order valence-corrected chi connectivity index (χ4v) is 3.24. The Labute approximate surface area is 111 Å². The molecule has 0 spiro atoms. The number of amidine groups is 1. The predicted octanol–water partition coefficient (Wildman–Crippen LogP) is 1.51. The van der Waals surface area contributed by atoms with E-state index in [2.05, 4.69) is 28.9 Å². The van der Waals surface area contributed by atoms with Gasteiger partial charge in [-0.3, -0.25) is 4.98 Å². The summed E-state index contributed by atoms with van der Waals surface area (Å²) in [4.78, 5) is 6.39. The first-order chi connectivity index (χ1) is 8.53. The van der Waals surface area contributed by atoms with Gasteiger partial charge in [0.25, 0.3) is 0 Å². The number of hydrogen-bond acceptors (Lipinski definition) is 5. The van der Waals surface area contributed by atoms with E-state index in [1.807, 2.05) is 11.8 Å². The van der Waals surface area contributed by atoms with E-state index in [0.29, 0.717) is 0 Å². The van der Waals surface area contributed by atoms with Crippen LogP contribution >= 0.6 is 11.8 Å². The van der Waals surface area contributed by atoms with E-state index < -0.39 is 0 Å². The number of pyridine rings is 1. The molecule has 1 aliphatic rings. The minimum absolute atomic E-state index is 0.128. The van der Waals surface area contributed by atoms with Crippen molar-refractivity contribution in [2.75, 3.05) is 23.7 Å². The Morgan fingerprint density at radius 3 is 3.06 bits per heavy atom. The molecule has 0 atom stereocenters. The van der Waals surface area contributed by atoms with Crippen molar-refractivity contribution in [1.29, 1.82) is 0 Å². The Bertz CT molecular complexity index is 461. The Kier molecular flexibility index (Phi) is 3.65. The van der Waals surface area contributed by atoms with Gasteiger partial charge in [-0.15, -0.1) is 0 Å². The summed E-state index contributed by atoms with van der Waals surface area (Å²) in [5, 5.41) is 11.9. The van der Waals surface area contributed by atoms with E-state index in [-0.39, 0.29) is 10.6 Å². The number of hydrogen-bond donors (Lipinski definition) is 2. The maximum absolute atomic E-state index is 8.83. The minimum atomic E-state index is 0.128. The highest BCUT2D eigenvalue weighted by molar-refractivity contribution is 8.00. The predicted molar refractivity (Wildman–Crippen MR) is 75.5 cm³/mol. The average Bonchev–Trinajstić information content (AvgIpc) is 2.36. The number of nitrogens with two attached hydrogens (primary N) is 1. The van der Waals surface area contributed by atoms with E-state index in [0.717, 1.165) is 30.1 Å². The van der Waals surface area contributed by atoms with Crippen LogP contribution in [0.4, 0.5) is 5.69 Å². The van der Waals surface area contributed by atoms with Crippen LogP contribution in [0.1, 0.15) is 19.4 Å². The highest BCUT2D eigenvalue weighted by Gasteiger charge is 2.28. The largest absolute Gasteiger partial charge is 0.409 e. The molecule has 18 heavy (non-hydrogen) atoms. The second kappa shape index (κ2) is 5.06. The topological polar surface area (TPSA) is 74.7 Å². The lowest BCUT2D eigenvalue weighted by Gasteiger charge is -2.39. The summed E-state index contributed by atoms with van der Waals surface area (Å²) in [6.07, 6.45) is 3.43. The Hall–Kier alpha value is -1.43. The van der Waals surface area contributed by atoms with E-state index in [9.17, 15) is 0 Å². The monoisotopic (exact) mass is 266 g/mol. The van der Waals surface area contributed by atoms with Crippen molar-refractivity contribution in [3.8, 4) is 0 Å². The Morgan fingerprint density at radius 1 is 1.61 bits per heavy atom. The lowest BCUT2D eigenvalue weighted by Crippen LogP contribution is -2.44. The number of anilines is 1. The summed E-state index contributed by atoms with van der Waals surface area (Å²) < 4.78 is 0.205. The van der Waals surface area contributed by atoms with Crippen molar-refractivity contribution in [1.82, 2.24) is 4.98 Å². The molecule has 5 nitrogen and oxygen atoms in total. The molecule has 1 fully saturated rings. The number of oxime groups is 1. The van der Waals surface area contributed by atoms with Gasteiger partial charge in [-0.05, 0) is 19.9 Å². The summed E-state index contributed by atoms with van der Waals surface area (Å²) >= 11 is 1.97. The van der Waals surface area contributed by atoms with E-state index >= 15 is 0 Å². The van der Waals surface area contributed by atoms with Gasteiger partial charge in [0.15, 0.2) is 5.84 Å². The molecular formula is C12H18N4OS. The third-order valence-electron chi connectivity index (χ3n) is 2.95. The molecule has 6 heteroatoms. The smallest absolute Gasteiger partial charge is 0.172 e. The van der Waals surface area contributed by atoms with Crippen molar-refractivity contribution >= 4 is 23.3 Å². The van der Waals surface area contributed by atoms with Crippen LogP contribution < -0.4 is 10.6 Å². The van der Waals surface area contributed by atoms with Crippen molar-refractivity contribution in [3.63, 3.8) is 0 Å². The molecule has 0 aromatic carbocycles. The summed E-state index contributed by atoms with van der Waals surface area (Å²) in [5.41, 5.74) is 7.37. The van der Waals surface area contributed by atoms with Gasteiger partial charge < -0.3 is 15.8 Å². The zero-order chi connectivity index (χ0) is 13.2. The van der Waals surface area contributed by atoms with E-state index in [1.54, 1.807) is 18.5 Å². The number of aromatic nitrogens is 1. The van der Waals surface area contributed by atoms with Crippen LogP contribution in [0.3, 0.4) is 0 Å². The van der Waals surface area contributed by atoms with Gasteiger partial charge in [-0.25, -0.2) is 0 Å². The Balaban J connectivity index is 2.33. The van der Waals surface area contributed by atoms with Crippen molar-refractivity contribution in [3.05, 3.63) is 24.0 Å². The lowest BCUT2D eigenvalue weighted by molar-refractivity contribution is 0.318. The summed E-state index contributed by atoms with van der Waals surface area (Å²) in [6, 6.07) is 1.78. The third-order valence-corrected chi connectivity index (χ3v) is 4.25.